The normalized spacial score (nSPS) is 12.5. The fraction of sp³-hybridized carbons (Fsp3) is 0.455. The van der Waals surface area contributed by atoms with Gasteiger partial charge in [-0.3, -0.25) is 4.57 Å². The molecule has 0 N–H and O–H groups in total. The minimum atomic E-state index is -4.29. The summed E-state index contributed by atoms with van der Waals surface area (Å²) in [5.41, 5.74) is 5.85. The number of benzene rings is 4. The number of hydrogen-bond acceptors (Lipinski definition) is 10. The van der Waals surface area contributed by atoms with Crippen LogP contribution < -0.4 is 43.9 Å². The summed E-state index contributed by atoms with van der Waals surface area (Å²) in [5.74, 6) is 1.56. The topological polar surface area (TPSA) is 126 Å². The van der Waals surface area contributed by atoms with E-state index in [2.05, 4.69) is 58.6 Å². The fourth-order valence-electron chi connectivity index (χ4n) is 5.55. The molecule has 56 heavy (non-hydrogen) atoms. The largest absolute Gasteiger partial charge is 1.00 e. The van der Waals surface area contributed by atoms with Gasteiger partial charge in [0.2, 0.25) is 0 Å². The Kier molecular flexibility index (Phi) is 23.8. The molecule has 0 saturated heterocycles. The van der Waals surface area contributed by atoms with E-state index in [0.717, 1.165) is 85.6 Å². The number of nitrogens with zero attached hydrogens (tertiary/aromatic N) is 4. The molecule has 0 aliphatic carbocycles. The predicted molar refractivity (Wildman–Crippen MR) is 219 cm³/mol. The van der Waals surface area contributed by atoms with Gasteiger partial charge in [0.25, 0.3) is 7.82 Å². The summed E-state index contributed by atoms with van der Waals surface area (Å²) in [6.07, 6.45) is 13.4. The van der Waals surface area contributed by atoms with Crippen LogP contribution in [0, 0.1) is 0 Å². The number of phosphoric ester groups is 1. The van der Waals surface area contributed by atoms with Gasteiger partial charge in [-0.1, -0.05) is 63.8 Å². The second-order valence-corrected chi connectivity index (χ2v) is 15.0. The van der Waals surface area contributed by atoms with Crippen molar-refractivity contribution in [2.45, 2.75) is 104 Å². The van der Waals surface area contributed by atoms with Gasteiger partial charge in [0.1, 0.15) is 11.5 Å². The second-order valence-electron chi connectivity index (χ2n) is 13.6. The SMILES string of the molecule is CCCCc1ccc(N=Nc2ccc(OCCCCCCOP(=O)([O-])OCCCCCCOc3ccc(N=Nc4ccc(CCCC)cc4)cc3)cc2)cc1.[Na+]. The molecule has 0 bridgehead atoms. The molecule has 4 aromatic carbocycles. The number of unbranched alkanes of at least 4 members (excludes halogenated alkanes) is 8. The third kappa shape index (κ3) is 20.3. The van der Waals surface area contributed by atoms with Crippen molar-refractivity contribution < 1.29 is 57.5 Å². The van der Waals surface area contributed by atoms with Crippen molar-refractivity contribution >= 4 is 30.6 Å². The molecule has 0 heterocycles. The summed E-state index contributed by atoms with van der Waals surface area (Å²) in [4.78, 5) is 12.1. The van der Waals surface area contributed by atoms with E-state index in [1.807, 2.05) is 72.8 Å². The summed E-state index contributed by atoms with van der Waals surface area (Å²) in [6, 6.07) is 31.6. The molecule has 0 aromatic heterocycles. The minimum Gasteiger partial charge on any atom is -0.756 e. The smallest absolute Gasteiger partial charge is 0.756 e. The van der Waals surface area contributed by atoms with Crippen LogP contribution in [0.3, 0.4) is 0 Å². The Balaban J connectivity index is 0.00000841. The summed E-state index contributed by atoms with van der Waals surface area (Å²) < 4.78 is 33.8. The average Bonchev–Trinajstić information content (AvgIpc) is 3.21. The van der Waals surface area contributed by atoms with Crippen LogP contribution in [0.2, 0.25) is 0 Å². The fourth-order valence-corrected chi connectivity index (χ4v) is 6.33. The molecule has 0 spiro atoms. The monoisotopic (exact) mass is 792 g/mol. The van der Waals surface area contributed by atoms with Crippen molar-refractivity contribution in [2.24, 2.45) is 20.5 Å². The van der Waals surface area contributed by atoms with E-state index in [4.69, 9.17) is 18.5 Å². The molecule has 0 aliphatic heterocycles. The van der Waals surface area contributed by atoms with E-state index in [1.54, 1.807) is 0 Å². The van der Waals surface area contributed by atoms with Gasteiger partial charge >= 0.3 is 29.6 Å². The van der Waals surface area contributed by atoms with E-state index in [0.29, 0.717) is 26.1 Å². The van der Waals surface area contributed by atoms with Gasteiger partial charge in [0.05, 0.1) is 49.2 Å². The number of aryl methyl sites for hydroxylation is 2. The maximum atomic E-state index is 12.1. The maximum Gasteiger partial charge on any atom is 1.00 e. The zero-order valence-corrected chi connectivity index (χ0v) is 36.5. The summed E-state index contributed by atoms with van der Waals surface area (Å²) in [6.45, 7) is 5.79. The molecule has 4 aromatic rings. The average molecular weight is 793 g/mol. The van der Waals surface area contributed by atoms with Crippen LogP contribution in [-0.2, 0) is 26.5 Å². The van der Waals surface area contributed by atoms with Crippen LogP contribution in [-0.4, -0.2) is 26.4 Å². The van der Waals surface area contributed by atoms with Crippen LogP contribution >= 0.6 is 7.82 Å². The van der Waals surface area contributed by atoms with Crippen molar-refractivity contribution in [2.75, 3.05) is 26.4 Å². The van der Waals surface area contributed by atoms with Gasteiger partial charge in [-0.2, -0.15) is 20.5 Å². The first-order chi connectivity index (χ1) is 26.9. The number of phosphoric acid groups is 1. The Morgan fingerprint density at radius 1 is 0.446 bits per heavy atom. The predicted octanol–water partition coefficient (Wildman–Crippen LogP) is 10.3. The van der Waals surface area contributed by atoms with E-state index in [-0.39, 0.29) is 42.8 Å². The first-order valence-electron chi connectivity index (χ1n) is 20.0. The molecule has 0 radical (unpaired) electrons. The van der Waals surface area contributed by atoms with Crippen molar-refractivity contribution in [1.82, 2.24) is 0 Å². The number of rotatable bonds is 28. The summed E-state index contributed by atoms with van der Waals surface area (Å²) in [7, 11) is -4.29. The molecule has 12 heteroatoms. The molecule has 4 rings (SSSR count). The molecular formula is C44H58N4NaO6P. The number of ether oxygens (including phenoxy) is 2. The molecule has 0 aliphatic rings. The van der Waals surface area contributed by atoms with E-state index < -0.39 is 7.82 Å². The van der Waals surface area contributed by atoms with Gasteiger partial charge in [-0.05, 0) is 148 Å². The number of hydrogen-bond donors (Lipinski definition) is 0. The van der Waals surface area contributed by atoms with E-state index in [9.17, 15) is 9.46 Å². The van der Waals surface area contributed by atoms with Crippen LogP contribution in [0.25, 0.3) is 0 Å². The zero-order valence-electron chi connectivity index (χ0n) is 33.7. The molecule has 0 amide bonds. The Bertz CT molecular complexity index is 1600. The molecule has 10 nitrogen and oxygen atoms in total. The van der Waals surface area contributed by atoms with Crippen molar-refractivity contribution in [3.8, 4) is 11.5 Å². The Hall–Kier alpha value is -3.21. The van der Waals surface area contributed by atoms with Crippen LogP contribution in [0.4, 0.5) is 22.7 Å². The van der Waals surface area contributed by atoms with Gasteiger partial charge in [-0.25, -0.2) is 0 Å². The quantitative estimate of drug-likeness (QED) is 0.0244. The van der Waals surface area contributed by atoms with E-state index >= 15 is 0 Å². The molecule has 0 unspecified atom stereocenters. The second kappa shape index (κ2) is 28.2. The van der Waals surface area contributed by atoms with Crippen LogP contribution in [0.15, 0.2) is 118 Å². The molecule has 0 fully saturated rings. The molecule has 296 valence electrons. The van der Waals surface area contributed by atoms with Crippen molar-refractivity contribution in [3.63, 3.8) is 0 Å². The summed E-state index contributed by atoms with van der Waals surface area (Å²) in [5, 5.41) is 17.3. The standard InChI is InChI=1S/C44H59N4O6P.Na/c1-3-5-15-37-17-21-39(22-18-37)45-47-41-25-29-43(30-26-41)51-33-11-7-9-13-35-53-55(49,50)54-36-14-10-8-12-34-52-44-31-27-42(28-32-44)48-46-40-23-19-38(20-24-40)16-6-4-2;/h17-32H,3-16,33-36H2,1-2H3,(H,49,50);/q;+1/p-1. The Morgan fingerprint density at radius 2 is 0.750 bits per heavy atom. The third-order valence-corrected chi connectivity index (χ3v) is 9.86. The Morgan fingerprint density at radius 3 is 1.07 bits per heavy atom. The molecule has 0 atom stereocenters. The van der Waals surface area contributed by atoms with Gasteiger partial charge < -0.3 is 23.4 Å². The Labute approximate surface area is 356 Å². The van der Waals surface area contributed by atoms with E-state index in [1.165, 1.54) is 36.8 Å². The first kappa shape index (κ1) is 47.2. The van der Waals surface area contributed by atoms with Crippen LogP contribution in [0.5, 0.6) is 11.5 Å². The third-order valence-electron chi connectivity index (χ3n) is 8.86. The van der Waals surface area contributed by atoms with Crippen molar-refractivity contribution in [3.05, 3.63) is 108 Å². The van der Waals surface area contributed by atoms with Crippen LogP contribution in [0.1, 0.15) is 102 Å². The van der Waals surface area contributed by atoms with Gasteiger partial charge in [0.15, 0.2) is 0 Å². The maximum absolute atomic E-state index is 12.1. The van der Waals surface area contributed by atoms with Crippen molar-refractivity contribution in [1.29, 1.82) is 0 Å². The molecule has 0 saturated carbocycles. The van der Waals surface area contributed by atoms with Gasteiger partial charge in [-0.15, -0.1) is 0 Å². The van der Waals surface area contributed by atoms with Gasteiger partial charge in [0, 0.05) is 0 Å². The minimum absolute atomic E-state index is 0. The number of azo groups is 2. The molecular weight excluding hydrogens is 734 g/mol. The first-order valence-corrected chi connectivity index (χ1v) is 21.5. The summed E-state index contributed by atoms with van der Waals surface area (Å²) >= 11 is 0. The zero-order chi connectivity index (χ0) is 38.8.